The third-order valence-corrected chi connectivity index (χ3v) is 1.44. The third kappa shape index (κ3) is 4.53. The molecule has 0 aromatic heterocycles. The summed E-state index contributed by atoms with van der Waals surface area (Å²) in [6.45, 7) is 10.4. The van der Waals surface area contributed by atoms with Crippen LogP contribution >= 0.6 is 0 Å². The Morgan fingerprint density at radius 3 is 2.60 bits per heavy atom. The molecule has 0 atom stereocenters. The van der Waals surface area contributed by atoms with Crippen molar-refractivity contribution in [2.45, 2.75) is 13.8 Å². The van der Waals surface area contributed by atoms with E-state index in [1.54, 1.807) is 0 Å². The van der Waals surface area contributed by atoms with Crippen LogP contribution in [-0.4, -0.2) is 19.6 Å². The summed E-state index contributed by atoms with van der Waals surface area (Å²) in [6.07, 6.45) is 1.85. The van der Waals surface area contributed by atoms with Crippen LogP contribution in [0.25, 0.3) is 0 Å². The highest BCUT2D eigenvalue weighted by Gasteiger charge is 2.13. The van der Waals surface area contributed by atoms with Gasteiger partial charge in [-0.25, -0.2) is 0 Å². The first-order chi connectivity index (χ1) is 4.62. The van der Waals surface area contributed by atoms with Gasteiger partial charge in [0.1, 0.15) is 0 Å². The Morgan fingerprint density at radius 2 is 2.20 bits per heavy atom. The van der Waals surface area contributed by atoms with Gasteiger partial charge in [-0.05, 0) is 12.0 Å². The Morgan fingerprint density at radius 1 is 1.60 bits per heavy atom. The predicted molar refractivity (Wildman–Crippen MR) is 45.9 cm³/mol. The fraction of sp³-hybridized carbons (Fsp3) is 0.750. The first kappa shape index (κ1) is 9.66. The Bertz CT molecular complexity index is 97.4. The first-order valence-corrected chi connectivity index (χ1v) is 3.64. The van der Waals surface area contributed by atoms with Crippen molar-refractivity contribution in [3.05, 3.63) is 12.7 Å². The average Bonchev–Trinajstić information content (AvgIpc) is 1.89. The van der Waals surface area contributed by atoms with Gasteiger partial charge in [0.2, 0.25) is 0 Å². The molecule has 0 aliphatic rings. The van der Waals surface area contributed by atoms with Crippen LogP contribution < -0.4 is 11.1 Å². The molecule has 60 valence electrons. The Hall–Kier alpha value is -0.340. The van der Waals surface area contributed by atoms with E-state index in [9.17, 15) is 0 Å². The summed E-state index contributed by atoms with van der Waals surface area (Å²) in [7, 11) is 0. The summed E-state index contributed by atoms with van der Waals surface area (Å²) in [5.41, 5.74) is 5.73. The van der Waals surface area contributed by atoms with Crippen LogP contribution in [-0.2, 0) is 0 Å². The molecule has 3 N–H and O–H groups in total. The topological polar surface area (TPSA) is 38.0 Å². The van der Waals surface area contributed by atoms with E-state index in [-0.39, 0.29) is 5.41 Å². The number of hydrogen-bond donors (Lipinski definition) is 2. The Kier molecular flexibility index (Phi) is 4.32. The van der Waals surface area contributed by atoms with E-state index in [2.05, 4.69) is 25.7 Å². The maximum atomic E-state index is 5.52. The van der Waals surface area contributed by atoms with Crippen molar-refractivity contribution in [3.8, 4) is 0 Å². The fourth-order valence-electron chi connectivity index (χ4n) is 0.585. The third-order valence-electron chi connectivity index (χ3n) is 1.44. The van der Waals surface area contributed by atoms with Crippen molar-refractivity contribution in [2.24, 2.45) is 11.1 Å². The largest absolute Gasteiger partial charge is 0.330 e. The maximum absolute atomic E-state index is 5.52. The van der Waals surface area contributed by atoms with Gasteiger partial charge in [-0.1, -0.05) is 19.9 Å². The smallest absolute Gasteiger partial charge is 0.0132 e. The van der Waals surface area contributed by atoms with Crippen molar-refractivity contribution < 1.29 is 0 Å². The molecule has 10 heavy (non-hydrogen) atoms. The molecule has 0 unspecified atom stereocenters. The minimum atomic E-state index is 0.211. The van der Waals surface area contributed by atoms with Gasteiger partial charge in [0.05, 0.1) is 0 Å². The molecule has 0 fully saturated rings. The predicted octanol–water partition coefficient (Wildman–Crippen LogP) is 0.747. The van der Waals surface area contributed by atoms with Crippen LogP contribution in [0.4, 0.5) is 0 Å². The second kappa shape index (κ2) is 4.47. The minimum Gasteiger partial charge on any atom is -0.330 e. The van der Waals surface area contributed by atoms with Crippen LogP contribution in [0.15, 0.2) is 12.7 Å². The molecule has 0 aromatic rings. The zero-order valence-corrected chi connectivity index (χ0v) is 6.98. The molecule has 0 amide bonds. The molecule has 0 heterocycles. The lowest BCUT2D eigenvalue weighted by Gasteiger charge is -2.21. The van der Waals surface area contributed by atoms with Gasteiger partial charge in [0.15, 0.2) is 0 Å². The highest BCUT2D eigenvalue weighted by Crippen LogP contribution is 2.09. The van der Waals surface area contributed by atoms with Crippen LogP contribution in [0.1, 0.15) is 13.8 Å². The maximum Gasteiger partial charge on any atom is 0.0132 e. The quantitative estimate of drug-likeness (QED) is 0.439. The van der Waals surface area contributed by atoms with Crippen molar-refractivity contribution >= 4 is 0 Å². The molecule has 0 aliphatic heterocycles. The molecule has 0 bridgehead atoms. The van der Waals surface area contributed by atoms with Gasteiger partial charge < -0.3 is 11.1 Å². The van der Waals surface area contributed by atoms with Gasteiger partial charge in [0.25, 0.3) is 0 Å². The normalized spacial score (nSPS) is 11.5. The van der Waals surface area contributed by atoms with E-state index in [1.165, 1.54) is 0 Å². The first-order valence-electron chi connectivity index (χ1n) is 3.64. The number of rotatable bonds is 5. The summed E-state index contributed by atoms with van der Waals surface area (Å²) in [4.78, 5) is 0. The Labute approximate surface area is 63.5 Å². The van der Waals surface area contributed by atoms with E-state index >= 15 is 0 Å². The molecule has 0 aliphatic carbocycles. The van der Waals surface area contributed by atoms with Crippen molar-refractivity contribution in [3.63, 3.8) is 0 Å². The highest BCUT2D eigenvalue weighted by molar-refractivity contribution is 4.76. The molecular weight excluding hydrogens is 124 g/mol. The zero-order chi connectivity index (χ0) is 8.04. The van der Waals surface area contributed by atoms with Crippen molar-refractivity contribution in [2.75, 3.05) is 19.6 Å². The second-order valence-electron chi connectivity index (χ2n) is 3.29. The molecule has 2 heteroatoms. The van der Waals surface area contributed by atoms with Crippen LogP contribution in [0, 0.1) is 5.41 Å². The van der Waals surface area contributed by atoms with E-state index in [4.69, 9.17) is 5.73 Å². The van der Waals surface area contributed by atoms with Crippen molar-refractivity contribution in [1.29, 1.82) is 0 Å². The van der Waals surface area contributed by atoms with E-state index in [0.717, 1.165) is 19.6 Å². The molecule has 2 nitrogen and oxygen atoms in total. The number of hydrogen-bond acceptors (Lipinski definition) is 2. The second-order valence-corrected chi connectivity index (χ2v) is 3.29. The summed E-state index contributed by atoms with van der Waals surface area (Å²) in [5, 5.41) is 3.23. The molecule has 0 saturated heterocycles. The summed E-state index contributed by atoms with van der Waals surface area (Å²) in [6, 6.07) is 0. The molecule has 0 saturated carbocycles. The molecule has 0 aromatic carbocycles. The van der Waals surface area contributed by atoms with Crippen LogP contribution in [0.5, 0.6) is 0 Å². The standard InChI is InChI=1S/C8H18N2/c1-4-5-10-7-8(2,3)6-9/h4,10H,1,5-7,9H2,2-3H3. The lowest BCUT2D eigenvalue weighted by molar-refractivity contribution is 0.359. The molecule has 0 rings (SSSR count). The number of nitrogens with two attached hydrogens (primary N) is 1. The van der Waals surface area contributed by atoms with Gasteiger partial charge in [-0.15, -0.1) is 6.58 Å². The van der Waals surface area contributed by atoms with E-state index in [0.29, 0.717) is 0 Å². The van der Waals surface area contributed by atoms with E-state index < -0.39 is 0 Å². The fourth-order valence-corrected chi connectivity index (χ4v) is 0.585. The van der Waals surface area contributed by atoms with Gasteiger partial charge >= 0.3 is 0 Å². The number of nitrogens with one attached hydrogen (secondary N) is 1. The summed E-state index contributed by atoms with van der Waals surface area (Å²) < 4.78 is 0. The van der Waals surface area contributed by atoms with Gasteiger partial charge in [-0.3, -0.25) is 0 Å². The lowest BCUT2D eigenvalue weighted by Crippen LogP contribution is -2.35. The zero-order valence-electron chi connectivity index (χ0n) is 6.98. The van der Waals surface area contributed by atoms with Gasteiger partial charge in [-0.2, -0.15) is 0 Å². The average molecular weight is 142 g/mol. The highest BCUT2D eigenvalue weighted by atomic mass is 14.9. The van der Waals surface area contributed by atoms with Crippen molar-refractivity contribution in [1.82, 2.24) is 5.32 Å². The van der Waals surface area contributed by atoms with Crippen LogP contribution in [0.2, 0.25) is 0 Å². The molecule has 0 radical (unpaired) electrons. The monoisotopic (exact) mass is 142 g/mol. The molecular formula is C8H18N2. The van der Waals surface area contributed by atoms with Crippen LogP contribution in [0.3, 0.4) is 0 Å². The Balaban J connectivity index is 3.36. The molecule has 0 spiro atoms. The lowest BCUT2D eigenvalue weighted by atomic mass is 9.94. The summed E-state index contributed by atoms with van der Waals surface area (Å²) >= 11 is 0. The minimum absolute atomic E-state index is 0.211. The van der Waals surface area contributed by atoms with E-state index in [1.807, 2.05) is 6.08 Å². The SMILES string of the molecule is C=CCNCC(C)(C)CN. The van der Waals surface area contributed by atoms with Gasteiger partial charge in [0, 0.05) is 13.1 Å². The summed E-state index contributed by atoms with van der Waals surface area (Å²) in [5.74, 6) is 0.